The van der Waals surface area contributed by atoms with E-state index in [4.69, 9.17) is 20.1 Å². The zero-order valence-electron chi connectivity index (χ0n) is 55.0. The van der Waals surface area contributed by atoms with Crippen LogP contribution in [0.25, 0.3) is 0 Å². The fourth-order valence-electron chi connectivity index (χ4n) is 9.94. The number of morpholine rings is 1. The summed E-state index contributed by atoms with van der Waals surface area (Å²) in [6.07, 6.45) is 5.52. The molecule has 3 atom stereocenters. The molecule has 83 heavy (non-hydrogen) atoms. The first kappa shape index (κ1) is 79.8. The normalized spacial score (nSPS) is 29.7. The van der Waals surface area contributed by atoms with Gasteiger partial charge in [0.25, 0.3) is 11.8 Å². The molecule has 12 rings (SSSR count). The number of alkyl halides is 7. The van der Waals surface area contributed by atoms with E-state index >= 15 is 0 Å². The van der Waals surface area contributed by atoms with Crippen LogP contribution < -0.4 is 0 Å². The number of piperidine rings is 1. The molecule has 3 unspecified atom stereocenters. The Balaban J connectivity index is 0.000000454. The van der Waals surface area contributed by atoms with Crippen LogP contribution in [0.1, 0.15) is 65.2 Å². The molecular weight excluding hydrogens is 1090 g/mol. The molecule has 0 amide bonds. The average Bonchev–Trinajstić information content (AvgIpc) is 4.17. The maximum Gasteiger partial charge on any atom is 0.272 e. The van der Waals surface area contributed by atoms with E-state index in [2.05, 4.69) is 74.4 Å². The lowest BCUT2D eigenvalue weighted by Crippen LogP contribution is -2.57. The quantitative estimate of drug-likeness (QED) is 0.308. The zero-order valence-corrected chi connectivity index (χ0v) is 55.0. The standard InChI is InChI=1S/C6H11F2N.C6H12FN.C6H14N2.C5H10FN.3C5H11NO.C5H11N.C4H7F2N.C4H8FN.C4H9NO.C4H9N/c1-9-4-2-6(7,8)3-5-9;1-6(7)3-4-8(2)5-6;1-7-3-5-8(2)6-4-7;1-7-3-2-5(6)4-7;1-5(7)3-6(2)4-5;1-6-2-4-7-5-3-6;1-6-3-2-5(7)4-6;1-6-4-2-3-5-6;1-7-2-4(5,6)3-7;1-6-2-4(5)3-6;1-5-2-4(6)3-5;1-5-3-2-4-5/h2-5H2,1H3;3-5H2,1-2H3;3-6H2,1-2H3;5H,2-4H2,1H3;7H,3-4H2,1-2H3;2-5H2,1H3;5,7H,2-4H2,1H3;2-5H2,1H3;2-3H2,1H3;4H,2-3H2,1H3;4,6H,2-3H2,1H3;2-4H2,1H3. The molecule has 3 N–H and O–H groups in total. The number of β-amino-alcohol motifs (C(OH)–C–C–N with tert-alkyl or cyclic N) is 3. The topological polar surface area (TPSA) is 112 Å². The number of rotatable bonds is 0. The highest BCUT2D eigenvalue weighted by atomic mass is 19.3. The Labute approximate surface area is 500 Å². The van der Waals surface area contributed by atoms with Gasteiger partial charge in [-0.3, -0.25) is 4.90 Å². The zero-order chi connectivity index (χ0) is 63.0. The van der Waals surface area contributed by atoms with Gasteiger partial charge in [0.2, 0.25) is 0 Å². The maximum absolute atomic E-state index is 12.8. The fourth-order valence-corrected chi connectivity index (χ4v) is 9.94. The number of hydrogen-bond donors (Lipinski definition) is 3. The predicted molar refractivity (Wildman–Crippen MR) is 327 cm³/mol. The van der Waals surface area contributed by atoms with Crippen LogP contribution in [0.3, 0.4) is 0 Å². The smallest absolute Gasteiger partial charge is 0.272 e. The van der Waals surface area contributed by atoms with E-state index in [0.29, 0.717) is 45.7 Å². The third-order valence-electron chi connectivity index (χ3n) is 15.7. The van der Waals surface area contributed by atoms with Crippen molar-refractivity contribution in [2.75, 3.05) is 275 Å². The van der Waals surface area contributed by atoms with E-state index in [1.54, 1.807) is 18.9 Å². The lowest BCUT2D eigenvalue weighted by atomic mass is 9.98. The number of nitrogens with zero attached hydrogens (tertiary/aromatic N) is 13. The number of aliphatic hydroxyl groups excluding tert-OH is 2. The summed E-state index contributed by atoms with van der Waals surface area (Å²) in [6.45, 7) is 28.3. The minimum atomic E-state index is -2.38. The van der Waals surface area contributed by atoms with Gasteiger partial charge in [-0.15, -0.1) is 0 Å². The Morgan fingerprint density at radius 3 is 0.843 bits per heavy atom. The fraction of sp³-hybridized carbons (Fsp3) is 1.00. The van der Waals surface area contributed by atoms with Crippen molar-refractivity contribution in [1.29, 1.82) is 0 Å². The monoisotopic (exact) mass is 1210 g/mol. The Hall–Kier alpha value is -1.17. The molecule has 0 aromatic rings. The molecule has 12 heterocycles. The first-order valence-corrected chi connectivity index (χ1v) is 30.8. The highest BCUT2D eigenvalue weighted by Gasteiger charge is 2.41. The second kappa shape index (κ2) is 41.9. The molecule has 12 saturated heterocycles. The van der Waals surface area contributed by atoms with E-state index in [1.165, 1.54) is 71.6 Å². The molecule has 0 aromatic heterocycles. The van der Waals surface area contributed by atoms with Crippen LogP contribution in [0.15, 0.2) is 0 Å². The van der Waals surface area contributed by atoms with Crippen molar-refractivity contribution < 1.29 is 50.8 Å². The second-order valence-electron chi connectivity index (χ2n) is 26.5. The van der Waals surface area contributed by atoms with Crippen LogP contribution in [-0.2, 0) is 4.74 Å². The third kappa shape index (κ3) is 44.0. The molecule has 0 radical (unpaired) electrons. The maximum atomic E-state index is 12.8. The summed E-state index contributed by atoms with van der Waals surface area (Å²) in [6, 6.07) is 0. The summed E-state index contributed by atoms with van der Waals surface area (Å²) >= 11 is 0. The second-order valence-corrected chi connectivity index (χ2v) is 26.5. The van der Waals surface area contributed by atoms with Crippen LogP contribution in [0.2, 0.25) is 0 Å². The number of likely N-dealkylation sites (tertiary alicyclic amines) is 10. The van der Waals surface area contributed by atoms with Crippen molar-refractivity contribution in [2.45, 2.75) is 113 Å². The third-order valence-corrected chi connectivity index (χ3v) is 15.7. The van der Waals surface area contributed by atoms with Crippen LogP contribution in [-0.4, -0.2) is 402 Å². The van der Waals surface area contributed by atoms with Gasteiger partial charge in [-0.05, 0) is 170 Å². The molecule has 12 aliphatic heterocycles. The van der Waals surface area contributed by atoms with E-state index < -0.39 is 29.9 Å². The van der Waals surface area contributed by atoms with Crippen LogP contribution in [0.5, 0.6) is 0 Å². The van der Waals surface area contributed by atoms with Gasteiger partial charge in [-0.25, -0.2) is 30.7 Å². The van der Waals surface area contributed by atoms with Gasteiger partial charge < -0.3 is 78.9 Å². The number of aliphatic hydroxyl groups is 3. The SMILES string of the molecule is CN1CC(C)(O)C1.CN1CC(F)(F)C1.CN1CC(F)C1.CN1CC(O)C1.CN1CCC(C)(F)C1.CN1CCC(F)(F)CC1.CN1CCC(F)C1.CN1CCC(O)C1.CN1CCC1.CN1CCCC1.CN1CCN(C)CC1.CN1CCOCC1. The van der Waals surface area contributed by atoms with Crippen LogP contribution in [0.4, 0.5) is 30.7 Å². The van der Waals surface area contributed by atoms with Gasteiger partial charge in [-0.1, -0.05) is 0 Å². The first-order valence-electron chi connectivity index (χ1n) is 30.8. The molecule has 0 bridgehead atoms. The van der Waals surface area contributed by atoms with Crippen LogP contribution >= 0.6 is 0 Å². The van der Waals surface area contributed by atoms with E-state index in [9.17, 15) is 30.7 Å². The van der Waals surface area contributed by atoms with Crippen molar-refractivity contribution in [3.8, 4) is 0 Å². The minimum absolute atomic E-state index is 0.0312. The van der Waals surface area contributed by atoms with E-state index in [-0.39, 0.29) is 43.7 Å². The Morgan fingerprint density at radius 1 is 0.337 bits per heavy atom. The number of ether oxygens (including phenoxy) is 1. The lowest BCUT2D eigenvalue weighted by Gasteiger charge is -2.41. The Bertz CT molecular complexity index is 1450. The van der Waals surface area contributed by atoms with E-state index in [0.717, 1.165) is 91.5 Å². The molecule has 0 aromatic carbocycles. The largest absolute Gasteiger partial charge is 0.392 e. The molecule has 0 aliphatic carbocycles. The van der Waals surface area contributed by atoms with Crippen molar-refractivity contribution in [2.24, 2.45) is 0 Å². The molecule has 498 valence electrons. The summed E-state index contributed by atoms with van der Waals surface area (Å²) in [5.41, 5.74) is -1.29. The Morgan fingerprint density at radius 2 is 0.711 bits per heavy atom. The molecule has 24 heteroatoms. The summed E-state index contributed by atoms with van der Waals surface area (Å²) in [7, 11) is 26.1. The van der Waals surface area contributed by atoms with Gasteiger partial charge >= 0.3 is 0 Å². The highest BCUT2D eigenvalue weighted by molar-refractivity contribution is 4.89. The highest BCUT2D eigenvalue weighted by Crippen LogP contribution is 2.27. The number of halogens is 7. The minimum Gasteiger partial charge on any atom is -0.392 e. The Kier molecular flexibility index (Phi) is 40.3. The molecule has 12 fully saturated rings. The summed E-state index contributed by atoms with van der Waals surface area (Å²) in [5, 5.41) is 26.5. The first-order chi connectivity index (χ1) is 38.5. The summed E-state index contributed by atoms with van der Waals surface area (Å²) in [5.74, 6) is -4.76. The molecule has 17 nitrogen and oxygen atoms in total. The van der Waals surface area contributed by atoms with Gasteiger partial charge in [0, 0.05) is 144 Å². The van der Waals surface area contributed by atoms with Crippen molar-refractivity contribution in [3.63, 3.8) is 0 Å². The van der Waals surface area contributed by atoms with Gasteiger partial charge in [0.05, 0.1) is 44.1 Å². The molecular formula is C59H124F7N13O4. The van der Waals surface area contributed by atoms with Gasteiger partial charge in [0.15, 0.2) is 0 Å². The summed E-state index contributed by atoms with van der Waals surface area (Å²) < 4.78 is 90.0. The summed E-state index contributed by atoms with van der Waals surface area (Å²) in [4.78, 5) is 27.4. The number of likely N-dealkylation sites (N-methyl/N-ethyl adjacent to an activating group) is 6. The molecule has 0 saturated carbocycles. The molecule has 0 spiro atoms. The number of piperazine rings is 1. The van der Waals surface area contributed by atoms with Crippen molar-refractivity contribution in [1.82, 2.24) is 63.7 Å². The van der Waals surface area contributed by atoms with E-state index in [1.807, 2.05) is 75.9 Å². The van der Waals surface area contributed by atoms with Gasteiger partial charge in [-0.2, -0.15) is 0 Å². The number of hydrogen-bond acceptors (Lipinski definition) is 17. The predicted octanol–water partition coefficient (Wildman–Crippen LogP) is 3.40. The molecule has 12 aliphatic rings. The average molecular weight is 1210 g/mol. The lowest BCUT2D eigenvalue weighted by molar-refractivity contribution is -0.119. The van der Waals surface area contributed by atoms with Crippen LogP contribution in [0, 0.1) is 0 Å². The van der Waals surface area contributed by atoms with Crippen molar-refractivity contribution >= 4 is 0 Å². The van der Waals surface area contributed by atoms with Gasteiger partial charge in [0.1, 0.15) is 18.0 Å². The van der Waals surface area contributed by atoms with Crippen molar-refractivity contribution in [3.05, 3.63) is 0 Å².